The van der Waals surface area contributed by atoms with Crippen LogP contribution in [-0.4, -0.2) is 36.4 Å². The Bertz CT molecular complexity index is 1000. The zero-order valence-electron chi connectivity index (χ0n) is 18.0. The van der Waals surface area contributed by atoms with Crippen LogP contribution in [-0.2, 0) is 11.3 Å². The second-order valence-corrected chi connectivity index (χ2v) is 7.81. The fourth-order valence-electron chi connectivity index (χ4n) is 4.53. The van der Waals surface area contributed by atoms with Crippen LogP contribution < -0.4 is 9.47 Å². The number of carbonyl (C=O) groups excluding carboxylic acids is 1. The normalized spacial score (nSPS) is 19.0. The molecule has 0 aliphatic carbocycles. The van der Waals surface area contributed by atoms with Crippen molar-refractivity contribution in [3.8, 4) is 22.8 Å². The Kier molecular flexibility index (Phi) is 6.63. The summed E-state index contributed by atoms with van der Waals surface area (Å²) in [4.78, 5) is 18.8. The number of likely N-dealkylation sites (tertiary alicyclic amines) is 1. The van der Waals surface area contributed by atoms with Crippen molar-refractivity contribution < 1.29 is 14.3 Å². The molecule has 0 spiro atoms. The van der Waals surface area contributed by atoms with Crippen LogP contribution in [0.1, 0.15) is 36.4 Å². The van der Waals surface area contributed by atoms with Gasteiger partial charge in [-0.3, -0.25) is 9.88 Å². The van der Waals surface area contributed by atoms with Gasteiger partial charge in [-0.1, -0.05) is 36.4 Å². The van der Waals surface area contributed by atoms with E-state index in [9.17, 15) is 4.79 Å². The molecular weight excluding hydrogens is 388 g/mol. The van der Waals surface area contributed by atoms with E-state index in [-0.39, 0.29) is 12.1 Å². The molecule has 2 unspecified atom stereocenters. The lowest BCUT2D eigenvalue weighted by atomic mass is 9.89. The van der Waals surface area contributed by atoms with Crippen molar-refractivity contribution >= 4 is 6.29 Å². The van der Waals surface area contributed by atoms with Crippen LogP contribution in [0.15, 0.2) is 66.9 Å². The van der Waals surface area contributed by atoms with E-state index in [2.05, 4.69) is 28.1 Å². The van der Waals surface area contributed by atoms with E-state index in [1.807, 2.05) is 48.7 Å². The third-order valence-corrected chi connectivity index (χ3v) is 6.02. The summed E-state index contributed by atoms with van der Waals surface area (Å²) >= 11 is 0. The first-order valence-corrected chi connectivity index (χ1v) is 10.7. The zero-order chi connectivity index (χ0) is 21.6. The number of rotatable bonds is 7. The van der Waals surface area contributed by atoms with Crippen molar-refractivity contribution in [2.45, 2.75) is 37.9 Å². The number of nitrogens with zero attached hydrogens (tertiary/aromatic N) is 2. The second-order valence-electron chi connectivity index (χ2n) is 7.81. The maximum Gasteiger partial charge on any atom is 0.137 e. The van der Waals surface area contributed by atoms with Crippen LogP contribution in [0.25, 0.3) is 11.3 Å². The van der Waals surface area contributed by atoms with Crippen LogP contribution in [0.3, 0.4) is 0 Å². The Morgan fingerprint density at radius 1 is 1.00 bits per heavy atom. The molecule has 1 saturated heterocycles. The van der Waals surface area contributed by atoms with Gasteiger partial charge in [0.1, 0.15) is 17.8 Å². The molecule has 1 aromatic heterocycles. The highest BCUT2D eigenvalue weighted by atomic mass is 16.5. The van der Waals surface area contributed by atoms with Crippen LogP contribution >= 0.6 is 0 Å². The lowest BCUT2D eigenvalue weighted by Gasteiger charge is -2.41. The minimum absolute atomic E-state index is 0.0309. The summed E-state index contributed by atoms with van der Waals surface area (Å²) in [6.45, 7) is 0.650. The molecule has 2 aromatic carbocycles. The number of pyridine rings is 1. The lowest BCUT2D eigenvalue weighted by molar-refractivity contribution is -0.115. The Morgan fingerprint density at radius 2 is 1.74 bits per heavy atom. The first kappa shape index (κ1) is 21.1. The van der Waals surface area contributed by atoms with Crippen LogP contribution in [0.2, 0.25) is 0 Å². The molecular formula is C26H28N2O3. The molecule has 5 nitrogen and oxygen atoms in total. The molecule has 0 amide bonds. The SMILES string of the molecule is COc1cccc(OC)c1C1CCCC(C=O)N1Cc1ccnc(-c2ccccc2)c1. The molecule has 160 valence electrons. The Balaban J connectivity index is 1.71. The number of benzene rings is 2. The maximum atomic E-state index is 12.0. The van der Waals surface area contributed by atoms with Crippen LogP contribution in [0.4, 0.5) is 0 Å². The van der Waals surface area contributed by atoms with Crippen molar-refractivity contribution in [2.75, 3.05) is 14.2 Å². The summed E-state index contributed by atoms with van der Waals surface area (Å²) in [7, 11) is 3.36. The second kappa shape index (κ2) is 9.75. The van der Waals surface area contributed by atoms with Gasteiger partial charge >= 0.3 is 0 Å². The molecule has 31 heavy (non-hydrogen) atoms. The van der Waals surface area contributed by atoms with Crippen molar-refractivity contribution in [2.24, 2.45) is 0 Å². The first-order valence-electron chi connectivity index (χ1n) is 10.7. The van der Waals surface area contributed by atoms with Crippen molar-refractivity contribution in [1.82, 2.24) is 9.88 Å². The van der Waals surface area contributed by atoms with Crippen molar-refractivity contribution in [3.05, 3.63) is 78.0 Å². The zero-order valence-corrected chi connectivity index (χ0v) is 18.0. The molecule has 0 N–H and O–H groups in total. The summed E-state index contributed by atoms with van der Waals surface area (Å²) in [6, 6.07) is 20.0. The lowest BCUT2D eigenvalue weighted by Crippen LogP contribution is -2.42. The van der Waals surface area contributed by atoms with Gasteiger partial charge in [0.2, 0.25) is 0 Å². The quantitative estimate of drug-likeness (QED) is 0.504. The number of carbonyl (C=O) groups is 1. The van der Waals surface area contributed by atoms with E-state index < -0.39 is 0 Å². The number of aldehydes is 1. The fraction of sp³-hybridized carbons (Fsp3) is 0.308. The highest BCUT2D eigenvalue weighted by Gasteiger charge is 2.34. The highest BCUT2D eigenvalue weighted by molar-refractivity contribution is 5.60. The largest absolute Gasteiger partial charge is 0.496 e. The molecule has 1 aliphatic heterocycles. The minimum Gasteiger partial charge on any atom is -0.496 e. The number of hydrogen-bond acceptors (Lipinski definition) is 5. The molecule has 5 heteroatoms. The fourth-order valence-corrected chi connectivity index (χ4v) is 4.53. The van der Waals surface area contributed by atoms with Gasteiger partial charge in [-0.05, 0) is 49.1 Å². The molecule has 0 saturated carbocycles. The summed E-state index contributed by atoms with van der Waals surface area (Å²) in [5.74, 6) is 1.58. The Morgan fingerprint density at radius 3 is 2.42 bits per heavy atom. The van der Waals surface area contributed by atoms with Crippen molar-refractivity contribution in [1.29, 1.82) is 0 Å². The Labute approximate surface area is 183 Å². The molecule has 2 atom stereocenters. The van der Waals surface area contributed by atoms with Crippen molar-refractivity contribution in [3.63, 3.8) is 0 Å². The highest BCUT2D eigenvalue weighted by Crippen LogP contribution is 2.43. The maximum absolute atomic E-state index is 12.0. The van der Waals surface area contributed by atoms with Gasteiger partial charge in [0.25, 0.3) is 0 Å². The monoisotopic (exact) mass is 416 g/mol. The Hall–Kier alpha value is -3.18. The van der Waals surface area contributed by atoms with Gasteiger partial charge in [0, 0.05) is 24.3 Å². The van der Waals surface area contributed by atoms with E-state index >= 15 is 0 Å². The smallest absolute Gasteiger partial charge is 0.137 e. The van der Waals surface area contributed by atoms with Gasteiger partial charge < -0.3 is 14.3 Å². The molecule has 3 aromatic rings. The number of methoxy groups -OCH3 is 2. The van der Waals surface area contributed by atoms with E-state index in [0.717, 1.165) is 59.4 Å². The summed E-state index contributed by atoms with van der Waals surface area (Å²) in [5.41, 5.74) is 4.15. The molecule has 0 bridgehead atoms. The third kappa shape index (κ3) is 4.47. The van der Waals surface area contributed by atoms with E-state index in [1.54, 1.807) is 14.2 Å². The predicted octanol–water partition coefficient (Wildman–Crippen LogP) is 5.06. The van der Waals surface area contributed by atoms with Gasteiger partial charge in [0.05, 0.1) is 31.5 Å². The van der Waals surface area contributed by atoms with E-state index in [0.29, 0.717) is 6.54 Å². The summed E-state index contributed by atoms with van der Waals surface area (Å²) < 4.78 is 11.4. The van der Waals surface area contributed by atoms with Gasteiger partial charge in [-0.25, -0.2) is 0 Å². The average Bonchev–Trinajstić information content (AvgIpc) is 2.84. The molecule has 1 fully saturated rings. The standard InChI is InChI=1S/C26H28N2O3/c1-30-24-12-7-13-25(31-2)26(24)23-11-6-10-21(18-29)28(23)17-19-14-15-27-22(16-19)20-8-4-3-5-9-20/h3-5,7-9,12-16,18,21,23H,6,10-11,17H2,1-2H3. The topological polar surface area (TPSA) is 51.7 Å². The number of hydrogen-bond donors (Lipinski definition) is 0. The van der Waals surface area contributed by atoms with Gasteiger partial charge in [0.15, 0.2) is 0 Å². The van der Waals surface area contributed by atoms with E-state index in [1.165, 1.54) is 0 Å². The molecule has 2 heterocycles. The first-order chi connectivity index (χ1) is 15.2. The number of aromatic nitrogens is 1. The third-order valence-electron chi connectivity index (χ3n) is 6.02. The number of ether oxygens (including phenoxy) is 2. The number of piperidine rings is 1. The van der Waals surface area contributed by atoms with Crippen LogP contribution in [0.5, 0.6) is 11.5 Å². The van der Waals surface area contributed by atoms with Gasteiger partial charge in [-0.15, -0.1) is 0 Å². The minimum atomic E-state index is -0.151. The molecule has 1 aliphatic rings. The average molecular weight is 417 g/mol. The van der Waals surface area contributed by atoms with Crippen LogP contribution in [0, 0.1) is 0 Å². The van der Waals surface area contributed by atoms with Gasteiger partial charge in [-0.2, -0.15) is 0 Å². The molecule has 0 radical (unpaired) electrons. The summed E-state index contributed by atoms with van der Waals surface area (Å²) in [5, 5.41) is 0. The van der Waals surface area contributed by atoms with E-state index in [4.69, 9.17) is 9.47 Å². The molecule has 4 rings (SSSR count). The summed E-state index contributed by atoms with van der Waals surface area (Å²) in [6.07, 6.45) is 5.70. The predicted molar refractivity (Wildman–Crippen MR) is 121 cm³/mol.